The molecule has 0 atom stereocenters. The SMILES string of the molecule is CC(=CC(=O)c1ccccc1)NC(C)C. The highest BCUT2D eigenvalue weighted by molar-refractivity contribution is 6.04. The van der Waals surface area contributed by atoms with Crippen LogP contribution in [0.5, 0.6) is 0 Å². The maximum Gasteiger partial charge on any atom is 0.187 e. The van der Waals surface area contributed by atoms with Crippen molar-refractivity contribution in [3.8, 4) is 0 Å². The van der Waals surface area contributed by atoms with Crippen molar-refractivity contribution in [2.75, 3.05) is 0 Å². The van der Waals surface area contributed by atoms with Gasteiger partial charge in [0.25, 0.3) is 0 Å². The second-order valence-corrected chi connectivity index (χ2v) is 3.86. The largest absolute Gasteiger partial charge is 0.386 e. The van der Waals surface area contributed by atoms with E-state index in [0.717, 1.165) is 11.3 Å². The Kier molecular flexibility index (Phi) is 4.10. The molecule has 80 valence electrons. The summed E-state index contributed by atoms with van der Waals surface area (Å²) in [5.41, 5.74) is 1.63. The molecule has 0 heterocycles. The van der Waals surface area contributed by atoms with Crippen LogP contribution >= 0.6 is 0 Å². The zero-order valence-corrected chi connectivity index (χ0v) is 9.45. The van der Waals surface area contributed by atoms with Gasteiger partial charge in [-0.1, -0.05) is 30.3 Å². The van der Waals surface area contributed by atoms with Crippen molar-refractivity contribution in [1.82, 2.24) is 5.32 Å². The number of carbonyl (C=O) groups excluding carboxylic acids is 1. The third-order valence-corrected chi connectivity index (χ3v) is 1.92. The van der Waals surface area contributed by atoms with Crippen LogP contribution in [0.15, 0.2) is 42.1 Å². The van der Waals surface area contributed by atoms with Crippen molar-refractivity contribution in [3.05, 3.63) is 47.7 Å². The fraction of sp³-hybridized carbons (Fsp3) is 0.308. The van der Waals surface area contributed by atoms with Crippen LogP contribution in [0.25, 0.3) is 0 Å². The van der Waals surface area contributed by atoms with E-state index in [1.165, 1.54) is 0 Å². The van der Waals surface area contributed by atoms with Crippen LogP contribution in [0.4, 0.5) is 0 Å². The molecule has 0 saturated carbocycles. The van der Waals surface area contributed by atoms with Gasteiger partial charge in [-0.05, 0) is 20.8 Å². The Morgan fingerprint density at radius 1 is 1.27 bits per heavy atom. The molecule has 0 amide bonds. The third kappa shape index (κ3) is 3.98. The Hall–Kier alpha value is -1.57. The zero-order valence-electron chi connectivity index (χ0n) is 9.45. The summed E-state index contributed by atoms with van der Waals surface area (Å²) in [4.78, 5) is 11.7. The van der Waals surface area contributed by atoms with E-state index in [9.17, 15) is 4.79 Å². The fourth-order valence-electron chi connectivity index (χ4n) is 1.38. The molecule has 0 fully saturated rings. The summed E-state index contributed by atoms with van der Waals surface area (Å²) in [5.74, 6) is 0.0428. The van der Waals surface area contributed by atoms with E-state index in [1.54, 1.807) is 6.08 Å². The van der Waals surface area contributed by atoms with Crippen molar-refractivity contribution in [3.63, 3.8) is 0 Å². The van der Waals surface area contributed by atoms with Gasteiger partial charge < -0.3 is 5.32 Å². The summed E-state index contributed by atoms with van der Waals surface area (Å²) in [6, 6.07) is 9.63. The van der Waals surface area contributed by atoms with Gasteiger partial charge in [0.15, 0.2) is 5.78 Å². The molecule has 0 bridgehead atoms. The standard InChI is InChI=1S/C13H17NO/c1-10(2)14-11(3)9-13(15)12-7-5-4-6-8-12/h4-10,14H,1-3H3. The molecule has 2 nitrogen and oxygen atoms in total. The number of hydrogen-bond donors (Lipinski definition) is 1. The topological polar surface area (TPSA) is 29.1 Å². The van der Waals surface area contributed by atoms with Gasteiger partial charge in [-0.2, -0.15) is 0 Å². The molecule has 0 aliphatic rings. The van der Waals surface area contributed by atoms with Crippen LogP contribution in [-0.4, -0.2) is 11.8 Å². The van der Waals surface area contributed by atoms with Crippen LogP contribution in [0.1, 0.15) is 31.1 Å². The van der Waals surface area contributed by atoms with Gasteiger partial charge in [0, 0.05) is 23.4 Å². The van der Waals surface area contributed by atoms with Crippen molar-refractivity contribution >= 4 is 5.78 Å². The minimum atomic E-state index is 0.0428. The lowest BCUT2D eigenvalue weighted by Crippen LogP contribution is -2.21. The number of carbonyl (C=O) groups is 1. The molecular formula is C13H17NO. The number of nitrogens with one attached hydrogen (secondary N) is 1. The molecule has 0 aliphatic heterocycles. The maximum absolute atomic E-state index is 11.7. The zero-order chi connectivity index (χ0) is 11.3. The van der Waals surface area contributed by atoms with Crippen LogP contribution < -0.4 is 5.32 Å². The summed E-state index contributed by atoms with van der Waals surface area (Å²) in [6.45, 7) is 6.00. The normalized spacial score (nSPS) is 11.6. The monoisotopic (exact) mass is 203 g/mol. The van der Waals surface area contributed by atoms with Gasteiger partial charge >= 0.3 is 0 Å². The number of benzene rings is 1. The van der Waals surface area contributed by atoms with E-state index >= 15 is 0 Å². The van der Waals surface area contributed by atoms with Gasteiger partial charge in [0.05, 0.1) is 0 Å². The van der Waals surface area contributed by atoms with Gasteiger partial charge in [0.2, 0.25) is 0 Å². The van der Waals surface area contributed by atoms with Crippen LogP contribution in [-0.2, 0) is 0 Å². The first-order valence-corrected chi connectivity index (χ1v) is 5.14. The molecule has 1 rings (SSSR count). The Bertz CT molecular complexity index is 352. The van der Waals surface area contributed by atoms with E-state index in [1.807, 2.05) is 51.1 Å². The molecule has 1 N–H and O–H groups in total. The van der Waals surface area contributed by atoms with E-state index in [-0.39, 0.29) is 5.78 Å². The number of rotatable bonds is 4. The number of hydrogen-bond acceptors (Lipinski definition) is 2. The lowest BCUT2D eigenvalue weighted by Gasteiger charge is -2.09. The van der Waals surface area contributed by atoms with Gasteiger partial charge in [-0.15, -0.1) is 0 Å². The highest BCUT2D eigenvalue weighted by Gasteiger charge is 2.02. The summed E-state index contributed by atoms with van der Waals surface area (Å²) < 4.78 is 0. The summed E-state index contributed by atoms with van der Waals surface area (Å²) >= 11 is 0. The summed E-state index contributed by atoms with van der Waals surface area (Å²) in [7, 11) is 0. The molecule has 1 aromatic carbocycles. The van der Waals surface area contributed by atoms with E-state index in [4.69, 9.17) is 0 Å². The highest BCUT2D eigenvalue weighted by Crippen LogP contribution is 2.02. The first-order valence-electron chi connectivity index (χ1n) is 5.14. The first-order chi connectivity index (χ1) is 7.09. The van der Waals surface area contributed by atoms with Crippen molar-refractivity contribution in [1.29, 1.82) is 0 Å². The van der Waals surface area contributed by atoms with E-state index in [0.29, 0.717) is 6.04 Å². The predicted molar refractivity (Wildman–Crippen MR) is 62.8 cm³/mol. The quantitative estimate of drug-likeness (QED) is 0.602. The second-order valence-electron chi connectivity index (χ2n) is 3.86. The van der Waals surface area contributed by atoms with E-state index in [2.05, 4.69) is 5.32 Å². The third-order valence-electron chi connectivity index (χ3n) is 1.92. The average Bonchev–Trinajstić information content (AvgIpc) is 2.17. The highest BCUT2D eigenvalue weighted by atomic mass is 16.1. The Labute approximate surface area is 91.0 Å². The molecule has 0 spiro atoms. The molecule has 1 aromatic rings. The molecule has 0 aromatic heterocycles. The van der Waals surface area contributed by atoms with Crippen molar-refractivity contribution < 1.29 is 4.79 Å². The molecule has 15 heavy (non-hydrogen) atoms. The molecule has 0 aliphatic carbocycles. The van der Waals surface area contributed by atoms with Crippen LogP contribution in [0, 0.1) is 0 Å². The molecule has 2 heteroatoms. The minimum absolute atomic E-state index is 0.0428. The van der Waals surface area contributed by atoms with Crippen molar-refractivity contribution in [2.45, 2.75) is 26.8 Å². The lowest BCUT2D eigenvalue weighted by molar-refractivity contribution is 0.104. The fourth-order valence-corrected chi connectivity index (χ4v) is 1.38. The molecule has 0 radical (unpaired) electrons. The molecule has 0 unspecified atom stereocenters. The maximum atomic E-state index is 11.7. The minimum Gasteiger partial charge on any atom is -0.386 e. The van der Waals surface area contributed by atoms with Crippen molar-refractivity contribution in [2.24, 2.45) is 0 Å². The predicted octanol–water partition coefficient (Wildman–Crippen LogP) is 2.77. The Morgan fingerprint density at radius 2 is 1.87 bits per heavy atom. The van der Waals surface area contributed by atoms with Gasteiger partial charge in [-0.25, -0.2) is 0 Å². The average molecular weight is 203 g/mol. The molecule has 0 saturated heterocycles. The first kappa shape index (κ1) is 11.5. The van der Waals surface area contributed by atoms with Crippen LogP contribution in [0.3, 0.4) is 0 Å². The van der Waals surface area contributed by atoms with Gasteiger partial charge in [-0.3, -0.25) is 4.79 Å². The lowest BCUT2D eigenvalue weighted by atomic mass is 10.1. The van der Waals surface area contributed by atoms with Gasteiger partial charge in [0.1, 0.15) is 0 Å². The summed E-state index contributed by atoms with van der Waals surface area (Å²) in [6.07, 6.45) is 1.63. The van der Waals surface area contributed by atoms with Crippen LogP contribution in [0.2, 0.25) is 0 Å². The second kappa shape index (κ2) is 5.35. The smallest absolute Gasteiger partial charge is 0.187 e. The summed E-state index contributed by atoms with van der Waals surface area (Å²) in [5, 5.41) is 3.18. The number of allylic oxidation sites excluding steroid dienone is 2. The van der Waals surface area contributed by atoms with E-state index < -0.39 is 0 Å². The number of ketones is 1. The Morgan fingerprint density at radius 3 is 2.40 bits per heavy atom. The Balaban J connectivity index is 2.71. The molecular weight excluding hydrogens is 186 g/mol.